The lowest BCUT2D eigenvalue weighted by Crippen LogP contribution is -2.29. The summed E-state index contributed by atoms with van der Waals surface area (Å²) in [6.07, 6.45) is 0. The molecule has 1 rings (SSSR count). The normalized spacial score (nSPS) is 12.9. The molecule has 0 bridgehead atoms. The third kappa shape index (κ3) is 3.80. The molecule has 3 heteroatoms. The first-order valence-electron chi connectivity index (χ1n) is 5.26. The summed E-state index contributed by atoms with van der Waals surface area (Å²) in [6.45, 7) is 5.26. The molecule has 0 aliphatic heterocycles. The third-order valence-electron chi connectivity index (χ3n) is 2.30. The van der Waals surface area contributed by atoms with E-state index in [-0.39, 0.29) is 0 Å². The van der Waals surface area contributed by atoms with Gasteiger partial charge in [-0.25, -0.2) is 0 Å². The molecule has 15 heavy (non-hydrogen) atoms. The van der Waals surface area contributed by atoms with Crippen LogP contribution in [0.1, 0.15) is 12.5 Å². The molecule has 0 amide bonds. The Bertz CT molecular complexity index is 321. The predicted molar refractivity (Wildman–Crippen MR) is 67.2 cm³/mol. The lowest BCUT2D eigenvalue weighted by atomic mass is 10.1. The lowest BCUT2D eigenvalue weighted by molar-refractivity contribution is 0.392. The number of anilines is 2. The lowest BCUT2D eigenvalue weighted by Gasteiger charge is -2.20. The maximum atomic E-state index is 5.75. The van der Waals surface area contributed by atoms with E-state index in [4.69, 9.17) is 5.73 Å². The molecule has 0 heterocycles. The smallest absolute Gasteiger partial charge is 0.0393 e. The van der Waals surface area contributed by atoms with Crippen molar-refractivity contribution in [3.8, 4) is 0 Å². The molecule has 84 valence electrons. The van der Waals surface area contributed by atoms with Gasteiger partial charge >= 0.3 is 0 Å². The van der Waals surface area contributed by atoms with Gasteiger partial charge in [0.25, 0.3) is 0 Å². The van der Waals surface area contributed by atoms with Crippen LogP contribution in [0.4, 0.5) is 11.4 Å². The van der Waals surface area contributed by atoms with Crippen molar-refractivity contribution in [3.63, 3.8) is 0 Å². The first kappa shape index (κ1) is 11.9. The van der Waals surface area contributed by atoms with Crippen LogP contribution in [0.3, 0.4) is 0 Å². The Balaban J connectivity index is 2.67. The molecular formula is C12H21N3. The molecule has 0 fully saturated rings. The van der Waals surface area contributed by atoms with E-state index in [0.29, 0.717) is 6.04 Å². The predicted octanol–water partition coefficient (Wildman–Crippen LogP) is 1.94. The third-order valence-corrected chi connectivity index (χ3v) is 2.30. The monoisotopic (exact) mass is 207 g/mol. The maximum Gasteiger partial charge on any atom is 0.0393 e. The van der Waals surface area contributed by atoms with Crippen LogP contribution < -0.4 is 11.1 Å². The minimum Gasteiger partial charge on any atom is -0.399 e. The van der Waals surface area contributed by atoms with E-state index in [1.54, 1.807) is 0 Å². The molecule has 1 aromatic carbocycles. The van der Waals surface area contributed by atoms with Gasteiger partial charge < -0.3 is 16.0 Å². The molecule has 1 aromatic rings. The standard InChI is InChI=1S/C12H21N3/c1-9-5-6-11(13)7-12(9)14-10(2)8-15(3)4/h5-7,10,14H,8,13H2,1-4H3. The Morgan fingerprint density at radius 1 is 1.40 bits per heavy atom. The Labute approximate surface area is 92.3 Å². The molecule has 0 spiro atoms. The fraction of sp³-hybridized carbons (Fsp3) is 0.500. The van der Waals surface area contributed by atoms with Gasteiger partial charge in [-0.05, 0) is 45.6 Å². The highest BCUT2D eigenvalue weighted by atomic mass is 15.1. The van der Waals surface area contributed by atoms with Crippen molar-refractivity contribution in [2.24, 2.45) is 0 Å². The number of benzene rings is 1. The second-order valence-corrected chi connectivity index (χ2v) is 4.38. The Kier molecular flexibility index (Phi) is 3.97. The van der Waals surface area contributed by atoms with Crippen molar-refractivity contribution in [3.05, 3.63) is 23.8 Å². The summed E-state index contributed by atoms with van der Waals surface area (Å²) in [5, 5.41) is 3.46. The summed E-state index contributed by atoms with van der Waals surface area (Å²) < 4.78 is 0. The summed E-state index contributed by atoms with van der Waals surface area (Å²) in [5.41, 5.74) is 8.92. The fourth-order valence-electron chi connectivity index (χ4n) is 1.65. The highest BCUT2D eigenvalue weighted by Crippen LogP contribution is 2.18. The minimum atomic E-state index is 0.417. The Hall–Kier alpha value is -1.22. The van der Waals surface area contributed by atoms with Crippen LogP contribution >= 0.6 is 0 Å². The SMILES string of the molecule is Cc1ccc(N)cc1NC(C)CN(C)C. The summed E-state index contributed by atoms with van der Waals surface area (Å²) in [5.74, 6) is 0. The fourth-order valence-corrected chi connectivity index (χ4v) is 1.65. The number of hydrogen-bond donors (Lipinski definition) is 2. The van der Waals surface area contributed by atoms with E-state index >= 15 is 0 Å². The van der Waals surface area contributed by atoms with Gasteiger partial charge in [-0.2, -0.15) is 0 Å². The van der Waals surface area contributed by atoms with Gasteiger partial charge in [0, 0.05) is 24.0 Å². The topological polar surface area (TPSA) is 41.3 Å². The number of hydrogen-bond acceptors (Lipinski definition) is 3. The number of nitrogens with one attached hydrogen (secondary N) is 1. The number of nitrogens with zero attached hydrogens (tertiary/aromatic N) is 1. The zero-order valence-electron chi connectivity index (χ0n) is 10.0. The number of nitrogens with two attached hydrogens (primary N) is 1. The molecule has 0 radical (unpaired) electrons. The Morgan fingerprint density at radius 3 is 2.67 bits per heavy atom. The van der Waals surface area contributed by atoms with Crippen LogP contribution in [0, 0.1) is 6.92 Å². The van der Waals surface area contributed by atoms with E-state index in [2.05, 4.69) is 38.2 Å². The molecule has 3 nitrogen and oxygen atoms in total. The van der Waals surface area contributed by atoms with Crippen molar-refractivity contribution >= 4 is 11.4 Å². The van der Waals surface area contributed by atoms with Gasteiger partial charge in [0.2, 0.25) is 0 Å². The molecule has 3 N–H and O–H groups in total. The number of likely N-dealkylation sites (N-methyl/N-ethyl adjacent to an activating group) is 1. The molecule has 0 saturated carbocycles. The average Bonchev–Trinajstić information content (AvgIpc) is 2.10. The molecule has 0 aliphatic carbocycles. The molecular weight excluding hydrogens is 186 g/mol. The number of nitrogen functional groups attached to an aromatic ring is 1. The van der Waals surface area contributed by atoms with Crippen molar-refractivity contribution in [1.29, 1.82) is 0 Å². The number of aryl methyl sites for hydroxylation is 1. The van der Waals surface area contributed by atoms with Crippen LogP contribution in [-0.4, -0.2) is 31.6 Å². The van der Waals surface area contributed by atoms with Crippen LogP contribution in [0.25, 0.3) is 0 Å². The van der Waals surface area contributed by atoms with E-state index in [1.165, 1.54) is 5.56 Å². The summed E-state index contributed by atoms with van der Waals surface area (Å²) >= 11 is 0. The summed E-state index contributed by atoms with van der Waals surface area (Å²) in [4.78, 5) is 2.17. The first-order chi connectivity index (χ1) is 6.99. The van der Waals surface area contributed by atoms with E-state index in [0.717, 1.165) is 17.9 Å². The zero-order chi connectivity index (χ0) is 11.4. The molecule has 1 unspecified atom stereocenters. The first-order valence-corrected chi connectivity index (χ1v) is 5.26. The maximum absolute atomic E-state index is 5.75. The van der Waals surface area contributed by atoms with Gasteiger partial charge in [0.15, 0.2) is 0 Å². The van der Waals surface area contributed by atoms with Gasteiger partial charge in [-0.3, -0.25) is 0 Å². The van der Waals surface area contributed by atoms with Gasteiger partial charge in [0.1, 0.15) is 0 Å². The quantitative estimate of drug-likeness (QED) is 0.741. The highest BCUT2D eigenvalue weighted by molar-refractivity contribution is 5.59. The average molecular weight is 207 g/mol. The highest BCUT2D eigenvalue weighted by Gasteiger charge is 2.05. The zero-order valence-corrected chi connectivity index (χ0v) is 10.0. The van der Waals surface area contributed by atoms with Crippen molar-refractivity contribution in [1.82, 2.24) is 4.90 Å². The van der Waals surface area contributed by atoms with Gasteiger partial charge in [-0.1, -0.05) is 6.07 Å². The molecule has 0 saturated heterocycles. The van der Waals surface area contributed by atoms with Crippen molar-refractivity contribution in [2.75, 3.05) is 31.7 Å². The minimum absolute atomic E-state index is 0.417. The van der Waals surface area contributed by atoms with E-state index < -0.39 is 0 Å². The van der Waals surface area contributed by atoms with Crippen molar-refractivity contribution < 1.29 is 0 Å². The second-order valence-electron chi connectivity index (χ2n) is 4.38. The Morgan fingerprint density at radius 2 is 2.07 bits per heavy atom. The molecule has 1 atom stereocenters. The van der Waals surface area contributed by atoms with Crippen LogP contribution in [0.2, 0.25) is 0 Å². The van der Waals surface area contributed by atoms with Crippen LogP contribution in [0.5, 0.6) is 0 Å². The molecule has 0 aromatic heterocycles. The summed E-state index contributed by atoms with van der Waals surface area (Å²) in [6, 6.07) is 6.37. The van der Waals surface area contributed by atoms with Gasteiger partial charge in [0.05, 0.1) is 0 Å². The van der Waals surface area contributed by atoms with Crippen LogP contribution in [-0.2, 0) is 0 Å². The molecule has 0 aliphatic rings. The summed E-state index contributed by atoms with van der Waals surface area (Å²) in [7, 11) is 4.15. The van der Waals surface area contributed by atoms with E-state index in [9.17, 15) is 0 Å². The van der Waals surface area contributed by atoms with Crippen molar-refractivity contribution in [2.45, 2.75) is 19.9 Å². The second kappa shape index (κ2) is 5.03. The van der Waals surface area contributed by atoms with Gasteiger partial charge in [-0.15, -0.1) is 0 Å². The number of rotatable bonds is 4. The largest absolute Gasteiger partial charge is 0.399 e. The van der Waals surface area contributed by atoms with Crippen LogP contribution in [0.15, 0.2) is 18.2 Å². The van der Waals surface area contributed by atoms with E-state index in [1.807, 2.05) is 18.2 Å².